The maximum atomic E-state index is 12.9. The Morgan fingerprint density at radius 3 is 2.38 bits per heavy atom. The number of carbonyl (C=O) groups is 2. The summed E-state index contributed by atoms with van der Waals surface area (Å²) >= 11 is 0. The maximum absolute atomic E-state index is 12.9. The fraction of sp³-hybridized carbons (Fsp3) is 0. The molecule has 0 aliphatic heterocycles. The summed E-state index contributed by atoms with van der Waals surface area (Å²) in [5.74, 6) is -1.14. The van der Waals surface area contributed by atoms with Gasteiger partial charge in [-0.05, 0) is 42.0 Å². The van der Waals surface area contributed by atoms with Crippen LogP contribution in [0.25, 0.3) is 17.0 Å². The normalized spacial score (nSPS) is 11.5. The molecule has 0 atom stereocenters. The van der Waals surface area contributed by atoms with Crippen LogP contribution in [0.1, 0.15) is 21.5 Å². The third kappa shape index (κ3) is 5.22. The molecule has 3 aromatic carbocycles. The summed E-state index contributed by atoms with van der Waals surface area (Å²) in [5, 5.41) is 18.4. The highest BCUT2D eigenvalue weighted by Gasteiger charge is 2.15. The first-order valence-electron chi connectivity index (χ1n) is 10.2. The second-order valence-corrected chi connectivity index (χ2v) is 7.22. The van der Waals surface area contributed by atoms with Gasteiger partial charge < -0.3 is 10.3 Å². The quantitative estimate of drug-likeness (QED) is 0.169. The molecular weight excluding hydrogens is 434 g/mol. The van der Waals surface area contributed by atoms with E-state index in [1.54, 1.807) is 36.5 Å². The lowest BCUT2D eigenvalue weighted by molar-refractivity contribution is -0.384. The third-order valence-corrected chi connectivity index (χ3v) is 4.93. The van der Waals surface area contributed by atoms with Gasteiger partial charge in [-0.15, -0.1) is 0 Å². The van der Waals surface area contributed by atoms with E-state index in [0.29, 0.717) is 11.1 Å². The number of hydrogen-bond donors (Lipinski definition) is 3. The number of non-ortho nitro benzene ring substituents is 1. The molecule has 0 radical (unpaired) electrons. The van der Waals surface area contributed by atoms with Crippen molar-refractivity contribution in [2.75, 3.05) is 0 Å². The third-order valence-electron chi connectivity index (χ3n) is 4.93. The van der Waals surface area contributed by atoms with E-state index in [2.05, 4.69) is 20.8 Å². The molecule has 168 valence electrons. The molecule has 0 fully saturated rings. The monoisotopic (exact) mass is 453 g/mol. The van der Waals surface area contributed by atoms with Crippen molar-refractivity contribution in [2.45, 2.75) is 0 Å². The molecule has 9 heteroatoms. The second-order valence-electron chi connectivity index (χ2n) is 7.22. The molecule has 9 nitrogen and oxygen atoms in total. The molecule has 4 aromatic rings. The zero-order valence-corrected chi connectivity index (χ0v) is 17.8. The number of nitro groups is 1. The van der Waals surface area contributed by atoms with Crippen molar-refractivity contribution in [3.63, 3.8) is 0 Å². The van der Waals surface area contributed by atoms with Crippen LogP contribution in [-0.2, 0) is 4.79 Å². The number of H-pyrrole nitrogens is 1. The lowest BCUT2D eigenvalue weighted by Crippen LogP contribution is -2.32. The van der Waals surface area contributed by atoms with Crippen LogP contribution in [0.4, 0.5) is 5.69 Å². The summed E-state index contributed by atoms with van der Waals surface area (Å²) in [7, 11) is 0. The first-order chi connectivity index (χ1) is 16.5. The molecule has 0 aliphatic rings. The average molecular weight is 453 g/mol. The number of para-hydroxylation sites is 1. The van der Waals surface area contributed by atoms with Gasteiger partial charge in [0.05, 0.1) is 11.1 Å². The standard InChI is InChI=1S/C25H19N5O4/c31-24(18-6-2-1-3-7-18)28-23(14-17-10-12-20(13-11-17)30(33)34)25(32)29-27-16-19-15-26-22-9-5-4-8-21(19)22/h1-16,26H,(H,28,31)(H,29,32)/b23-14-,27-16-. The van der Waals surface area contributed by atoms with E-state index in [9.17, 15) is 19.7 Å². The minimum absolute atomic E-state index is 0.0706. The van der Waals surface area contributed by atoms with Gasteiger partial charge in [-0.2, -0.15) is 5.10 Å². The van der Waals surface area contributed by atoms with Gasteiger partial charge in [0.2, 0.25) is 0 Å². The van der Waals surface area contributed by atoms with Gasteiger partial charge in [0.25, 0.3) is 17.5 Å². The van der Waals surface area contributed by atoms with Crippen LogP contribution < -0.4 is 10.7 Å². The maximum Gasteiger partial charge on any atom is 0.287 e. The number of aromatic amines is 1. The number of benzene rings is 3. The topological polar surface area (TPSA) is 129 Å². The van der Waals surface area contributed by atoms with Gasteiger partial charge in [0.15, 0.2) is 0 Å². The Morgan fingerprint density at radius 1 is 0.941 bits per heavy atom. The van der Waals surface area contributed by atoms with Crippen LogP contribution in [0.2, 0.25) is 0 Å². The van der Waals surface area contributed by atoms with Crippen molar-refractivity contribution < 1.29 is 14.5 Å². The Labute approximate surface area is 194 Å². The molecule has 34 heavy (non-hydrogen) atoms. The summed E-state index contributed by atoms with van der Waals surface area (Å²) in [4.78, 5) is 39.0. The highest BCUT2D eigenvalue weighted by Crippen LogP contribution is 2.16. The van der Waals surface area contributed by atoms with E-state index >= 15 is 0 Å². The van der Waals surface area contributed by atoms with Crippen LogP contribution in [0.5, 0.6) is 0 Å². The van der Waals surface area contributed by atoms with Crippen molar-refractivity contribution in [3.8, 4) is 0 Å². The Morgan fingerprint density at radius 2 is 1.65 bits per heavy atom. The molecule has 0 unspecified atom stereocenters. The highest BCUT2D eigenvalue weighted by atomic mass is 16.6. The van der Waals surface area contributed by atoms with E-state index in [1.807, 2.05) is 24.3 Å². The van der Waals surface area contributed by atoms with Crippen molar-refractivity contribution >= 4 is 40.7 Å². The second kappa shape index (κ2) is 10.0. The van der Waals surface area contributed by atoms with E-state index in [1.165, 1.54) is 36.6 Å². The van der Waals surface area contributed by atoms with Crippen LogP contribution in [0, 0.1) is 10.1 Å². The number of fused-ring (bicyclic) bond motifs is 1. The SMILES string of the molecule is O=C(N/N=C\c1c[nH]c2ccccc12)/C(=C/c1ccc([N+](=O)[O-])cc1)NC(=O)c1ccccc1. The molecule has 1 aromatic heterocycles. The summed E-state index contributed by atoms with van der Waals surface area (Å²) in [6.45, 7) is 0. The molecule has 2 amide bonds. The number of carbonyl (C=O) groups excluding carboxylic acids is 2. The molecule has 3 N–H and O–H groups in total. The molecule has 0 bridgehead atoms. The number of nitrogens with zero attached hydrogens (tertiary/aromatic N) is 2. The zero-order chi connectivity index (χ0) is 23.9. The number of rotatable bonds is 7. The van der Waals surface area contributed by atoms with Gasteiger partial charge >= 0.3 is 0 Å². The van der Waals surface area contributed by atoms with E-state index in [4.69, 9.17) is 0 Å². The van der Waals surface area contributed by atoms with Crippen molar-refractivity contribution in [2.24, 2.45) is 5.10 Å². The number of nitro benzene ring substituents is 1. The van der Waals surface area contributed by atoms with E-state index in [0.717, 1.165) is 16.5 Å². The summed E-state index contributed by atoms with van der Waals surface area (Å²) in [6.07, 6.45) is 4.69. The first kappa shape index (κ1) is 22.2. The molecule has 0 saturated carbocycles. The molecular formula is C25H19N5O4. The Kier molecular flexibility index (Phi) is 6.55. The molecule has 0 aliphatic carbocycles. The van der Waals surface area contributed by atoms with Gasteiger partial charge in [-0.3, -0.25) is 19.7 Å². The highest BCUT2D eigenvalue weighted by molar-refractivity contribution is 6.06. The summed E-state index contributed by atoms with van der Waals surface area (Å²) in [6, 6.07) is 21.7. The van der Waals surface area contributed by atoms with Gasteiger partial charge in [0, 0.05) is 40.4 Å². The van der Waals surface area contributed by atoms with Gasteiger partial charge in [-0.1, -0.05) is 36.4 Å². The van der Waals surface area contributed by atoms with Crippen molar-refractivity contribution in [1.82, 2.24) is 15.7 Å². The Hall–Kier alpha value is -5.05. The number of nitrogens with one attached hydrogen (secondary N) is 3. The largest absolute Gasteiger partial charge is 0.361 e. The molecule has 1 heterocycles. The minimum Gasteiger partial charge on any atom is -0.361 e. The predicted octanol–water partition coefficient (Wildman–Crippen LogP) is 4.00. The fourth-order valence-electron chi connectivity index (χ4n) is 3.22. The Bertz CT molecular complexity index is 1410. The fourth-order valence-corrected chi connectivity index (χ4v) is 3.22. The molecule has 0 spiro atoms. The molecule has 4 rings (SSSR count). The van der Waals surface area contributed by atoms with Crippen LogP contribution >= 0.6 is 0 Å². The lowest BCUT2D eigenvalue weighted by atomic mass is 10.1. The lowest BCUT2D eigenvalue weighted by Gasteiger charge is -2.09. The number of hydrazone groups is 1. The van der Waals surface area contributed by atoms with Crippen molar-refractivity contribution in [1.29, 1.82) is 0 Å². The van der Waals surface area contributed by atoms with E-state index < -0.39 is 16.7 Å². The van der Waals surface area contributed by atoms with Crippen molar-refractivity contribution in [3.05, 3.63) is 118 Å². The average Bonchev–Trinajstić information content (AvgIpc) is 3.27. The predicted molar refractivity (Wildman–Crippen MR) is 129 cm³/mol. The van der Waals surface area contributed by atoms with Crippen LogP contribution in [0.15, 0.2) is 95.9 Å². The summed E-state index contributed by atoms with van der Waals surface area (Å²) in [5.41, 5.74) is 4.84. The van der Waals surface area contributed by atoms with E-state index in [-0.39, 0.29) is 11.4 Å². The van der Waals surface area contributed by atoms with Crippen LogP contribution in [-0.4, -0.2) is 27.9 Å². The Balaban J connectivity index is 1.56. The smallest absolute Gasteiger partial charge is 0.287 e. The first-order valence-corrected chi connectivity index (χ1v) is 10.2. The number of amides is 2. The molecule has 0 saturated heterocycles. The van der Waals surface area contributed by atoms with Crippen LogP contribution in [0.3, 0.4) is 0 Å². The van der Waals surface area contributed by atoms with Gasteiger partial charge in [-0.25, -0.2) is 5.43 Å². The van der Waals surface area contributed by atoms with Gasteiger partial charge in [0.1, 0.15) is 5.70 Å². The minimum atomic E-state index is -0.654. The number of hydrogen-bond acceptors (Lipinski definition) is 5. The zero-order valence-electron chi connectivity index (χ0n) is 17.8. The number of aromatic nitrogens is 1. The summed E-state index contributed by atoms with van der Waals surface area (Å²) < 4.78 is 0.